The highest BCUT2D eigenvalue weighted by molar-refractivity contribution is 6.74. The molecule has 1 aromatic rings. The fourth-order valence-corrected chi connectivity index (χ4v) is 4.39. The highest BCUT2D eigenvalue weighted by Crippen LogP contribution is 2.43. The Morgan fingerprint density at radius 3 is 2.00 bits per heavy atom. The molecule has 0 radical (unpaired) electrons. The monoisotopic (exact) mass is 348 g/mol. The normalized spacial score (nSPS) is 19.1. The molecule has 1 atom stereocenters. The summed E-state index contributed by atoms with van der Waals surface area (Å²) in [6.45, 7) is 13.0. The van der Waals surface area contributed by atoms with Crippen molar-refractivity contribution in [1.29, 1.82) is 0 Å². The van der Waals surface area contributed by atoms with E-state index in [0.29, 0.717) is 0 Å². The zero-order valence-electron chi connectivity index (χ0n) is 16.0. The summed E-state index contributed by atoms with van der Waals surface area (Å²) < 4.78 is 6.31. The maximum Gasteiger partial charge on any atom is 0.314 e. The van der Waals surface area contributed by atoms with Crippen LogP contribution in [0.1, 0.15) is 58.9 Å². The third-order valence-corrected chi connectivity index (χ3v) is 10.6. The van der Waals surface area contributed by atoms with Crippen LogP contribution in [0.15, 0.2) is 24.3 Å². The van der Waals surface area contributed by atoms with Gasteiger partial charge < -0.3 is 9.53 Å². The zero-order chi connectivity index (χ0) is 18.2. The van der Waals surface area contributed by atoms with Gasteiger partial charge in [0.2, 0.25) is 8.32 Å². The molecule has 0 aromatic heterocycles. The number of carboxylic acid groups (broad SMARTS) is 1. The average Bonchev–Trinajstić information content (AvgIpc) is 3.00. The lowest BCUT2D eigenvalue weighted by atomic mass is 9.71. The van der Waals surface area contributed by atoms with Gasteiger partial charge in [0.25, 0.3) is 0 Å². The first-order chi connectivity index (χ1) is 11.0. The van der Waals surface area contributed by atoms with Gasteiger partial charge in [-0.05, 0) is 61.5 Å². The number of hydrogen-bond acceptors (Lipinski definition) is 2. The molecule has 1 saturated carbocycles. The van der Waals surface area contributed by atoms with Crippen LogP contribution in [0.3, 0.4) is 0 Å². The Hall–Kier alpha value is -1.29. The Kier molecular flexibility index (Phi) is 5.19. The number of carbonyl (C=O) groups is 1. The van der Waals surface area contributed by atoms with Gasteiger partial charge >= 0.3 is 5.97 Å². The van der Waals surface area contributed by atoms with Gasteiger partial charge in [-0.3, -0.25) is 4.79 Å². The van der Waals surface area contributed by atoms with Crippen molar-refractivity contribution in [2.75, 3.05) is 0 Å². The Labute approximate surface area is 147 Å². The lowest BCUT2D eigenvalue weighted by Gasteiger charge is -2.37. The largest absolute Gasteiger partial charge is 0.544 e. The highest BCUT2D eigenvalue weighted by atomic mass is 28.4. The van der Waals surface area contributed by atoms with E-state index in [-0.39, 0.29) is 11.0 Å². The fraction of sp³-hybridized carbons (Fsp3) is 0.650. The van der Waals surface area contributed by atoms with Gasteiger partial charge in [-0.2, -0.15) is 0 Å². The first-order valence-electron chi connectivity index (χ1n) is 9.01. The van der Waals surface area contributed by atoms with Crippen molar-refractivity contribution in [3.05, 3.63) is 29.8 Å². The van der Waals surface area contributed by atoms with Gasteiger partial charge in [-0.25, -0.2) is 0 Å². The molecule has 1 aromatic carbocycles. The van der Waals surface area contributed by atoms with E-state index in [4.69, 9.17) is 4.43 Å². The second-order valence-corrected chi connectivity index (χ2v) is 13.6. The lowest BCUT2D eigenvalue weighted by molar-refractivity contribution is -0.145. The van der Waals surface area contributed by atoms with Crippen molar-refractivity contribution < 1.29 is 14.3 Å². The summed E-state index contributed by atoms with van der Waals surface area (Å²) in [5, 5.41) is 10.0. The first-order valence-corrected chi connectivity index (χ1v) is 11.9. The predicted molar refractivity (Wildman–Crippen MR) is 101 cm³/mol. The fourth-order valence-electron chi connectivity index (χ4n) is 3.35. The molecular formula is C20H32O3Si. The van der Waals surface area contributed by atoms with E-state index in [1.165, 1.54) is 0 Å². The summed E-state index contributed by atoms with van der Waals surface area (Å²) >= 11 is 0. The second-order valence-electron chi connectivity index (χ2n) is 8.88. The summed E-state index contributed by atoms with van der Waals surface area (Å²) in [5.74, 6) is 0.360. The smallest absolute Gasteiger partial charge is 0.314 e. The highest BCUT2D eigenvalue weighted by Gasteiger charge is 2.44. The Balaban J connectivity index is 2.26. The molecule has 1 fully saturated rings. The second kappa shape index (κ2) is 6.55. The zero-order valence-corrected chi connectivity index (χ0v) is 17.0. The topological polar surface area (TPSA) is 46.5 Å². The number of benzene rings is 1. The molecule has 1 unspecified atom stereocenters. The van der Waals surface area contributed by atoms with Gasteiger partial charge in [-0.15, -0.1) is 0 Å². The number of aliphatic carboxylic acids is 1. The predicted octanol–water partition coefficient (Wildman–Crippen LogP) is 5.60. The molecule has 134 valence electrons. The summed E-state index contributed by atoms with van der Waals surface area (Å²) in [6, 6.07) is 7.81. The summed E-state index contributed by atoms with van der Waals surface area (Å²) in [7, 11) is -1.87. The molecule has 0 heterocycles. The van der Waals surface area contributed by atoms with Crippen LogP contribution in [-0.2, 0) is 10.2 Å². The molecule has 0 spiro atoms. The Bertz CT molecular complexity index is 580. The molecule has 1 N–H and O–H groups in total. The van der Waals surface area contributed by atoms with Crippen LogP contribution in [0.4, 0.5) is 0 Å². The molecule has 2 rings (SSSR count). The van der Waals surface area contributed by atoms with E-state index in [0.717, 1.165) is 37.0 Å². The molecule has 24 heavy (non-hydrogen) atoms. The van der Waals surface area contributed by atoms with Crippen LogP contribution in [-0.4, -0.2) is 19.4 Å². The van der Waals surface area contributed by atoms with Crippen LogP contribution in [0.25, 0.3) is 0 Å². The molecule has 0 saturated heterocycles. The lowest BCUT2D eigenvalue weighted by Crippen LogP contribution is -2.44. The van der Waals surface area contributed by atoms with E-state index in [2.05, 4.69) is 33.9 Å². The summed E-state index contributed by atoms with van der Waals surface area (Å²) in [5.41, 5.74) is 0.0934. The third-order valence-electron chi connectivity index (χ3n) is 6.25. The van der Waals surface area contributed by atoms with Gasteiger partial charge in [0.15, 0.2) is 0 Å². The van der Waals surface area contributed by atoms with Crippen molar-refractivity contribution in [3.63, 3.8) is 0 Å². The average molecular weight is 349 g/mol. The third kappa shape index (κ3) is 3.53. The molecule has 1 aliphatic rings. The Morgan fingerprint density at radius 1 is 1.08 bits per heavy atom. The first kappa shape index (κ1) is 19.0. The molecular weight excluding hydrogens is 316 g/mol. The van der Waals surface area contributed by atoms with Crippen LogP contribution in [0.5, 0.6) is 5.75 Å². The van der Waals surface area contributed by atoms with Gasteiger partial charge in [0, 0.05) is 0 Å². The van der Waals surface area contributed by atoms with Crippen LogP contribution >= 0.6 is 0 Å². The minimum absolute atomic E-state index is 0.144. The maximum atomic E-state index is 12.0. The molecule has 3 nitrogen and oxygen atoms in total. The number of carboxylic acids is 1. The SMILES string of the molecule is CC(C(=O)O)(c1ccc(O[Si](C)(C)C(C)(C)C)cc1)C1CCCC1. The van der Waals surface area contributed by atoms with Crippen molar-refractivity contribution >= 4 is 14.3 Å². The van der Waals surface area contributed by atoms with E-state index in [1.54, 1.807) is 0 Å². The van der Waals surface area contributed by atoms with Crippen molar-refractivity contribution in [3.8, 4) is 5.75 Å². The van der Waals surface area contributed by atoms with Gasteiger partial charge in [-0.1, -0.05) is 45.7 Å². The molecule has 0 amide bonds. The molecule has 4 heteroatoms. The minimum Gasteiger partial charge on any atom is -0.544 e. The van der Waals surface area contributed by atoms with Crippen LogP contribution < -0.4 is 4.43 Å². The molecule has 1 aliphatic carbocycles. The van der Waals surface area contributed by atoms with Gasteiger partial charge in [0.05, 0.1) is 5.41 Å². The van der Waals surface area contributed by atoms with E-state index < -0.39 is 19.7 Å². The van der Waals surface area contributed by atoms with Crippen molar-refractivity contribution in [2.45, 2.75) is 76.9 Å². The number of rotatable bonds is 5. The van der Waals surface area contributed by atoms with Crippen LogP contribution in [0, 0.1) is 5.92 Å². The minimum atomic E-state index is -1.87. The van der Waals surface area contributed by atoms with Crippen molar-refractivity contribution in [1.82, 2.24) is 0 Å². The maximum absolute atomic E-state index is 12.0. The number of hydrogen-bond donors (Lipinski definition) is 1. The van der Waals surface area contributed by atoms with E-state index in [1.807, 2.05) is 31.2 Å². The summed E-state index contributed by atoms with van der Waals surface area (Å²) in [6.07, 6.45) is 4.29. The van der Waals surface area contributed by atoms with Gasteiger partial charge in [0.1, 0.15) is 5.75 Å². The summed E-state index contributed by atoms with van der Waals surface area (Å²) in [4.78, 5) is 12.0. The standard InChI is InChI=1S/C20H32O3Si/c1-19(2,3)24(5,6)23-17-13-11-16(12-14-17)20(4,18(21)22)15-9-7-8-10-15/h11-15H,7-10H2,1-6H3,(H,21,22). The van der Waals surface area contributed by atoms with Crippen LogP contribution in [0.2, 0.25) is 18.1 Å². The quantitative estimate of drug-likeness (QED) is 0.704. The van der Waals surface area contributed by atoms with E-state index in [9.17, 15) is 9.90 Å². The van der Waals surface area contributed by atoms with Crippen molar-refractivity contribution in [2.24, 2.45) is 5.92 Å². The Morgan fingerprint density at radius 2 is 1.58 bits per heavy atom. The molecule has 0 aliphatic heterocycles. The van der Waals surface area contributed by atoms with E-state index >= 15 is 0 Å². The molecule has 0 bridgehead atoms.